The molecular weight excluding hydrogens is 214 g/mol. The van der Waals surface area contributed by atoms with Crippen molar-refractivity contribution in [1.82, 2.24) is 0 Å². The van der Waals surface area contributed by atoms with Crippen molar-refractivity contribution < 1.29 is 9.84 Å². The number of anilines is 1. The summed E-state index contributed by atoms with van der Waals surface area (Å²) < 4.78 is 5.26. The Balaban J connectivity index is 2.43. The SMILES string of the molecule is COc1ccc2c(c1)C(C(C)O)CN2C(C)C. The van der Waals surface area contributed by atoms with Crippen LogP contribution < -0.4 is 9.64 Å². The molecule has 0 spiro atoms. The van der Waals surface area contributed by atoms with Crippen LogP contribution in [0, 0.1) is 0 Å². The maximum atomic E-state index is 9.89. The number of hydrogen-bond acceptors (Lipinski definition) is 3. The predicted octanol–water partition coefficient (Wildman–Crippen LogP) is 2.39. The highest BCUT2D eigenvalue weighted by atomic mass is 16.5. The Morgan fingerprint density at radius 1 is 1.35 bits per heavy atom. The van der Waals surface area contributed by atoms with Crippen molar-refractivity contribution in [2.45, 2.75) is 38.8 Å². The monoisotopic (exact) mass is 235 g/mol. The zero-order valence-electron chi connectivity index (χ0n) is 11.0. The second-order valence-electron chi connectivity index (χ2n) is 5.02. The lowest BCUT2D eigenvalue weighted by Crippen LogP contribution is -2.31. The van der Waals surface area contributed by atoms with Crippen LogP contribution in [0.5, 0.6) is 5.75 Å². The molecule has 2 unspecified atom stereocenters. The molecule has 2 atom stereocenters. The Morgan fingerprint density at radius 2 is 2.06 bits per heavy atom. The third kappa shape index (κ3) is 2.12. The van der Waals surface area contributed by atoms with Crippen LogP contribution in [0.1, 0.15) is 32.3 Å². The molecule has 2 rings (SSSR count). The summed E-state index contributed by atoms with van der Waals surface area (Å²) in [6.45, 7) is 7.10. The highest BCUT2D eigenvalue weighted by Crippen LogP contribution is 2.41. The number of aliphatic hydroxyl groups excluding tert-OH is 1. The van der Waals surface area contributed by atoms with E-state index in [9.17, 15) is 5.11 Å². The number of aliphatic hydroxyl groups is 1. The minimum Gasteiger partial charge on any atom is -0.497 e. The molecule has 0 saturated heterocycles. The van der Waals surface area contributed by atoms with E-state index < -0.39 is 0 Å². The fraction of sp³-hybridized carbons (Fsp3) is 0.571. The van der Waals surface area contributed by atoms with Gasteiger partial charge >= 0.3 is 0 Å². The molecule has 1 aromatic rings. The van der Waals surface area contributed by atoms with Crippen molar-refractivity contribution in [2.24, 2.45) is 0 Å². The van der Waals surface area contributed by atoms with Gasteiger partial charge in [-0.05, 0) is 44.5 Å². The van der Waals surface area contributed by atoms with E-state index in [0.717, 1.165) is 12.3 Å². The first-order valence-corrected chi connectivity index (χ1v) is 6.17. The van der Waals surface area contributed by atoms with Gasteiger partial charge in [-0.3, -0.25) is 0 Å². The molecular formula is C14H21NO2. The van der Waals surface area contributed by atoms with Gasteiger partial charge in [0, 0.05) is 24.2 Å². The second kappa shape index (κ2) is 4.57. The Hall–Kier alpha value is -1.22. The average molecular weight is 235 g/mol. The summed E-state index contributed by atoms with van der Waals surface area (Å²) in [6.07, 6.45) is -0.329. The van der Waals surface area contributed by atoms with E-state index in [0.29, 0.717) is 6.04 Å². The number of fused-ring (bicyclic) bond motifs is 1. The van der Waals surface area contributed by atoms with Crippen molar-refractivity contribution in [3.8, 4) is 5.75 Å². The van der Waals surface area contributed by atoms with Gasteiger partial charge in [0.25, 0.3) is 0 Å². The number of methoxy groups -OCH3 is 1. The smallest absolute Gasteiger partial charge is 0.119 e. The second-order valence-corrected chi connectivity index (χ2v) is 5.02. The molecule has 0 radical (unpaired) electrons. The highest BCUT2D eigenvalue weighted by molar-refractivity contribution is 5.63. The van der Waals surface area contributed by atoms with E-state index >= 15 is 0 Å². The summed E-state index contributed by atoms with van der Waals surface area (Å²) >= 11 is 0. The highest BCUT2D eigenvalue weighted by Gasteiger charge is 2.32. The van der Waals surface area contributed by atoms with E-state index in [-0.39, 0.29) is 12.0 Å². The molecule has 0 bridgehead atoms. The van der Waals surface area contributed by atoms with E-state index in [1.807, 2.05) is 13.0 Å². The zero-order chi connectivity index (χ0) is 12.6. The molecule has 0 fully saturated rings. The minimum absolute atomic E-state index is 0.183. The molecule has 1 aliphatic heterocycles. The van der Waals surface area contributed by atoms with Crippen LogP contribution in [0.3, 0.4) is 0 Å². The van der Waals surface area contributed by atoms with Gasteiger partial charge in [-0.2, -0.15) is 0 Å². The Labute approximate surface area is 103 Å². The van der Waals surface area contributed by atoms with Gasteiger partial charge in [0.15, 0.2) is 0 Å². The van der Waals surface area contributed by atoms with Crippen LogP contribution >= 0.6 is 0 Å². The maximum absolute atomic E-state index is 9.89. The minimum atomic E-state index is -0.329. The molecule has 0 amide bonds. The third-order valence-corrected chi connectivity index (χ3v) is 3.54. The van der Waals surface area contributed by atoms with Gasteiger partial charge in [0.1, 0.15) is 5.75 Å². The molecule has 0 saturated carbocycles. The molecule has 3 heteroatoms. The lowest BCUT2D eigenvalue weighted by Gasteiger charge is -2.24. The van der Waals surface area contributed by atoms with Crippen molar-refractivity contribution in [2.75, 3.05) is 18.6 Å². The molecule has 94 valence electrons. The predicted molar refractivity (Wildman–Crippen MR) is 69.9 cm³/mol. The van der Waals surface area contributed by atoms with Gasteiger partial charge in [-0.1, -0.05) is 0 Å². The quantitative estimate of drug-likeness (QED) is 0.873. The van der Waals surface area contributed by atoms with E-state index in [4.69, 9.17) is 4.74 Å². The molecule has 1 aromatic carbocycles. The average Bonchev–Trinajstić information content (AvgIpc) is 2.67. The summed E-state index contributed by atoms with van der Waals surface area (Å²) in [5.41, 5.74) is 2.43. The zero-order valence-corrected chi connectivity index (χ0v) is 11.0. The summed E-state index contributed by atoms with van der Waals surface area (Å²) in [5.74, 6) is 1.04. The molecule has 17 heavy (non-hydrogen) atoms. The van der Waals surface area contributed by atoms with E-state index in [1.54, 1.807) is 7.11 Å². The molecule has 1 N–H and O–H groups in total. The van der Waals surface area contributed by atoms with E-state index in [2.05, 4.69) is 30.9 Å². The van der Waals surface area contributed by atoms with Crippen molar-refractivity contribution in [3.63, 3.8) is 0 Å². The number of nitrogens with zero attached hydrogens (tertiary/aromatic N) is 1. The van der Waals surface area contributed by atoms with Gasteiger partial charge in [0.2, 0.25) is 0 Å². The van der Waals surface area contributed by atoms with Crippen LogP contribution in [0.4, 0.5) is 5.69 Å². The summed E-state index contributed by atoms with van der Waals surface area (Å²) in [4.78, 5) is 2.34. The standard InChI is InChI=1S/C14H21NO2/c1-9(2)15-8-13(10(3)16)12-7-11(17-4)5-6-14(12)15/h5-7,9-10,13,16H,8H2,1-4H3. The topological polar surface area (TPSA) is 32.7 Å². The van der Waals surface area contributed by atoms with Crippen LogP contribution in [-0.2, 0) is 0 Å². The summed E-state index contributed by atoms with van der Waals surface area (Å²) in [5, 5.41) is 9.89. The number of ether oxygens (including phenoxy) is 1. The lowest BCUT2D eigenvalue weighted by atomic mass is 9.96. The van der Waals surface area contributed by atoms with Gasteiger partial charge in [0.05, 0.1) is 13.2 Å². The number of hydrogen-bond donors (Lipinski definition) is 1. The summed E-state index contributed by atoms with van der Waals surface area (Å²) in [6, 6.07) is 6.58. The molecule has 1 aliphatic rings. The molecule has 1 heterocycles. The largest absolute Gasteiger partial charge is 0.497 e. The Bertz CT molecular complexity index is 401. The van der Waals surface area contributed by atoms with E-state index in [1.165, 1.54) is 11.3 Å². The number of rotatable bonds is 3. The van der Waals surface area contributed by atoms with Gasteiger partial charge < -0.3 is 14.7 Å². The third-order valence-electron chi connectivity index (χ3n) is 3.54. The Kier molecular flexibility index (Phi) is 3.29. The Morgan fingerprint density at radius 3 is 2.59 bits per heavy atom. The number of benzene rings is 1. The molecule has 0 aromatic heterocycles. The van der Waals surface area contributed by atoms with Crippen molar-refractivity contribution >= 4 is 5.69 Å². The van der Waals surface area contributed by atoms with Gasteiger partial charge in [-0.15, -0.1) is 0 Å². The van der Waals surface area contributed by atoms with Crippen LogP contribution in [-0.4, -0.2) is 30.9 Å². The lowest BCUT2D eigenvalue weighted by molar-refractivity contribution is 0.167. The first-order chi connectivity index (χ1) is 8.04. The molecule has 3 nitrogen and oxygen atoms in total. The first-order valence-electron chi connectivity index (χ1n) is 6.17. The van der Waals surface area contributed by atoms with Crippen LogP contribution in [0.15, 0.2) is 18.2 Å². The van der Waals surface area contributed by atoms with Crippen LogP contribution in [0.2, 0.25) is 0 Å². The fourth-order valence-electron chi connectivity index (χ4n) is 2.53. The summed E-state index contributed by atoms with van der Waals surface area (Å²) in [7, 11) is 1.67. The van der Waals surface area contributed by atoms with Crippen molar-refractivity contribution in [3.05, 3.63) is 23.8 Å². The fourth-order valence-corrected chi connectivity index (χ4v) is 2.53. The maximum Gasteiger partial charge on any atom is 0.119 e. The molecule has 0 aliphatic carbocycles. The normalized spacial score (nSPS) is 20.6. The van der Waals surface area contributed by atoms with Crippen LogP contribution in [0.25, 0.3) is 0 Å². The van der Waals surface area contributed by atoms with Crippen molar-refractivity contribution in [1.29, 1.82) is 0 Å². The van der Waals surface area contributed by atoms with Gasteiger partial charge in [-0.25, -0.2) is 0 Å². The first kappa shape index (κ1) is 12.2.